The van der Waals surface area contributed by atoms with Crippen molar-refractivity contribution in [1.29, 1.82) is 0 Å². The molecule has 1 heterocycles. The van der Waals surface area contributed by atoms with Crippen molar-refractivity contribution in [2.45, 2.75) is 18.9 Å². The number of esters is 1. The molecule has 1 aliphatic rings. The van der Waals surface area contributed by atoms with Crippen LogP contribution >= 0.6 is 0 Å². The average Bonchev–Trinajstić information content (AvgIpc) is 2.80. The van der Waals surface area contributed by atoms with Gasteiger partial charge in [0.15, 0.2) is 0 Å². The van der Waals surface area contributed by atoms with Gasteiger partial charge in [-0.05, 0) is 20.4 Å². The van der Waals surface area contributed by atoms with Crippen molar-refractivity contribution >= 4 is 5.97 Å². The maximum absolute atomic E-state index is 11.5. The fourth-order valence-corrected chi connectivity index (χ4v) is 1.60. The number of hydrogen-bond acceptors (Lipinski definition) is 5. The Hall–Kier alpha value is -0.650. The van der Waals surface area contributed by atoms with Crippen molar-refractivity contribution in [1.82, 2.24) is 5.32 Å². The van der Waals surface area contributed by atoms with Gasteiger partial charge >= 0.3 is 5.97 Å². The van der Waals surface area contributed by atoms with E-state index in [2.05, 4.69) is 5.32 Å². The van der Waals surface area contributed by atoms with E-state index in [9.17, 15) is 4.79 Å². The minimum Gasteiger partial charge on any atom is -0.468 e. The van der Waals surface area contributed by atoms with E-state index in [4.69, 9.17) is 14.2 Å². The van der Waals surface area contributed by atoms with Crippen molar-refractivity contribution in [3.8, 4) is 0 Å². The maximum Gasteiger partial charge on any atom is 0.328 e. The van der Waals surface area contributed by atoms with Gasteiger partial charge in [0.05, 0.1) is 26.9 Å². The summed E-state index contributed by atoms with van der Waals surface area (Å²) in [4.78, 5) is 11.5. The predicted octanol–water partition coefficient (Wildman–Crippen LogP) is 0.191. The van der Waals surface area contributed by atoms with E-state index in [-0.39, 0.29) is 5.97 Å². The smallest absolute Gasteiger partial charge is 0.328 e. The van der Waals surface area contributed by atoms with Gasteiger partial charge in [-0.25, -0.2) is 4.79 Å². The van der Waals surface area contributed by atoms with E-state index in [1.807, 2.05) is 0 Å². The highest BCUT2D eigenvalue weighted by atomic mass is 16.5. The fourth-order valence-electron chi connectivity index (χ4n) is 1.60. The molecule has 1 fully saturated rings. The topological polar surface area (TPSA) is 56.8 Å². The second kappa shape index (κ2) is 6.18. The highest BCUT2D eigenvalue weighted by molar-refractivity contribution is 5.80. The monoisotopic (exact) mass is 231 g/mol. The van der Waals surface area contributed by atoms with Crippen LogP contribution in [0.25, 0.3) is 0 Å². The molecule has 5 heteroatoms. The van der Waals surface area contributed by atoms with E-state index in [1.54, 1.807) is 14.0 Å². The van der Waals surface area contributed by atoms with Crippen molar-refractivity contribution in [3.05, 3.63) is 0 Å². The number of carbonyl (C=O) groups is 1. The number of hydrogen-bond donors (Lipinski definition) is 1. The predicted molar refractivity (Wildman–Crippen MR) is 59.2 cm³/mol. The fraction of sp³-hybridized carbons (Fsp3) is 0.909. The molecule has 5 nitrogen and oxygen atoms in total. The number of likely N-dealkylation sites (N-methyl/N-ethyl adjacent to an activating group) is 1. The molecular formula is C11H21NO4. The first-order chi connectivity index (χ1) is 7.62. The summed E-state index contributed by atoms with van der Waals surface area (Å²) in [7, 11) is 3.10. The lowest BCUT2D eigenvalue weighted by molar-refractivity contribution is -0.150. The normalized spacial score (nSPS) is 24.1. The Balaban J connectivity index is 2.29. The SMILES string of the molecule is CNC(C)(COCC1CCOC1)C(=O)OC. The second-order valence-corrected chi connectivity index (χ2v) is 4.32. The molecular weight excluding hydrogens is 210 g/mol. The Morgan fingerprint density at radius 2 is 2.38 bits per heavy atom. The van der Waals surface area contributed by atoms with E-state index in [1.165, 1.54) is 7.11 Å². The molecule has 94 valence electrons. The van der Waals surface area contributed by atoms with Crippen LogP contribution < -0.4 is 5.32 Å². The Kier molecular flexibility index (Phi) is 5.18. The third-order valence-electron chi connectivity index (χ3n) is 2.96. The number of nitrogens with one attached hydrogen (secondary N) is 1. The van der Waals surface area contributed by atoms with Gasteiger partial charge in [0, 0.05) is 12.5 Å². The lowest BCUT2D eigenvalue weighted by Gasteiger charge is -2.26. The van der Waals surface area contributed by atoms with Gasteiger partial charge in [0.1, 0.15) is 5.54 Å². The highest BCUT2D eigenvalue weighted by Gasteiger charge is 2.33. The summed E-state index contributed by atoms with van der Waals surface area (Å²) in [6.45, 7) is 4.29. The number of ether oxygens (including phenoxy) is 3. The van der Waals surface area contributed by atoms with Crippen molar-refractivity contribution in [3.63, 3.8) is 0 Å². The average molecular weight is 231 g/mol. The lowest BCUT2D eigenvalue weighted by atomic mass is 10.0. The standard InChI is InChI=1S/C11H21NO4/c1-11(12-2,10(13)14-3)8-16-7-9-4-5-15-6-9/h9,12H,4-8H2,1-3H3. The Labute approximate surface area is 96.4 Å². The molecule has 0 aliphatic carbocycles. The minimum atomic E-state index is -0.770. The van der Waals surface area contributed by atoms with E-state index in [0.717, 1.165) is 19.6 Å². The summed E-state index contributed by atoms with van der Waals surface area (Å²) < 4.78 is 15.5. The molecule has 2 unspecified atom stereocenters. The Morgan fingerprint density at radius 1 is 1.62 bits per heavy atom. The van der Waals surface area contributed by atoms with Gasteiger partial charge in [0.2, 0.25) is 0 Å². The summed E-state index contributed by atoms with van der Waals surface area (Å²) in [5.74, 6) is 0.149. The molecule has 0 bridgehead atoms. The Bertz CT molecular complexity index is 228. The van der Waals surface area contributed by atoms with Gasteiger partial charge < -0.3 is 19.5 Å². The van der Waals surface area contributed by atoms with Crippen LogP contribution in [0.1, 0.15) is 13.3 Å². The third kappa shape index (κ3) is 3.43. The summed E-state index contributed by atoms with van der Waals surface area (Å²) in [6, 6.07) is 0. The second-order valence-electron chi connectivity index (χ2n) is 4.32. The van der Waals surface area contributed by atoms with Crippen LogP contribution in [0.5, 0.6) is 0 Å². The molecule has 0 amide bonds. The van der Waals surface area contributed by atoms with Crippen LogP contribution in [0.2, 0.25) is 0 Å². The molecule has 0 aromatic carbocycles. The number of methoxy groups -OCH3 is 1. The van der Waals surface area contributed by atoms with E-state index >= 15 is 0 Å². The summed E-state index contributed by atoms with van der Waals surface area (Å²) >= 11 is 0. The highest BCUT2D eigenvalue weighted by Crippen LogP contribution is 2.14. The van der Waals surface area contributed by atoms with Gasteiger partial charge in [-0.3, -0.25) is 0 Å². The first kappa shape index (κ1) is 13.4. The summed E-state index contributed by atoms with van der Waals surface area (Å²) in [5, 5.41) is 2.92. The quantitative estimate of drug-likeness (QED) is 0.661. The van der Waals surface area contributed by atoms with E-state index in [0.29, 0.717) is 19.1 Å². The lowest BCUT2D eigenvalue weighted by Crippen LogP contribution is -2.52. The molecule has 0 radical (unpaired) electrons. The summed E-state index contributed by atoms with van der Waals surface area (Å²) in [5.41, 5.74) is -0.770. The van der Waals surface area contributed by atoms with E-state index < -0.39 is 5.54 Å². The zero-order valence-electron chi connectivity index (χ0n) is 10.2. The molecule has 0 aromatic heterocycles. The van der Waals surface area contributed by atoms with Crippen molar-refractivity contribution < 1.29 is 19.0 Å². The molecule has 2 atom stereocenters. The molecule has 16 heavy (non-hydrogen) atoms. The molecule has 0 spiro atoms. The molecule has 0 aromatic rings. The Morgan fingerprint density at radius 3 is 2.88 bits per heavy atom. The minimum absolute atomic E-state index is 0.308. The molecule has 1 aliphatic heterocycles. The zero-order valence-corrected chi connectivity index (χ0v) is 10.2. The van der Waals surface area contributed by atoms with Gasteiger partial charge in [-0.2, -0.15) is 0 Å². The largest absolute Gasteiger partial charge is 0.468 e. The van der Waals surface area contributed by atoms with Crippen molar-refractivity contribution in [2.24, 2.45) is 5.92 Å². The first-order valence-corrected chi connectivity index (χ1v) is 5.55. The van der Waals surface area contributed by atoms with Crippen molar-refractivity contribution in [2.75, 3.05) is 40.6 Å². The molecule has 0 saturated carbocycles. The maximum atomic E-state index is 11.5. The van der Waals surface area contributed by atoms with Crippen LogP contribution in [-0.4, -0.2) is 52.1 Å². The number of carbonyl (C=O) groups excluding carboxylic acids is 1. The first-order valence-electron chi connectivity index (χ1n) is 5.55. The molecule has 1 saturated heterocycles. The zero-order chi connectivity index (χ0) is 12.0. The number of rotatable bonds is 6. The van der Waals surface area contributed by atoms with Gasteiger partial charge in [-0.15, -0.1) is 0 Å². The molecule has 1 rings (SSSR count). The molecule has 1 N–H and O–H groups in total. The summed E-state index contributed by atoms with van der Waals surface area (Å²) in [6.07, 6.45) is 1.04. The van der Waals surface area contributed by atoms with Crippen LogP contribution in [0, 0.1) is 5.92 Å². The third-order valence-corrected chi connectivity index (χ3v) is 2.96. The van der Waals surface area contributed by atoms with Gasteiger partial charge in [0.25, 0.3) is 0 Å². The van der Waals surface area contributed by atoms with Crippen LogP contribution in [0.3, 0.4) is 0 Å². The van der Waals surface area contributed by atoms with Gasteiger partial charge in [-0.1, -0.05) is 0 Å². The van der Waals surface area contributed by atoms with Crippen LogP contribution in [-0.2, 0) is 19.0 Å². The van der Waals surface area contributed by atoms with Crippen LogP contribution in [0.15, 0.2) is 0 Å². The van der Waals surface area contributed by atoms with Crippen LogP contribution in [0.4, 0.5) is 0 Å².